The van der Waals surface area contributed by atoms with Crippen LogP contribution < -0.4 is 10.6 Å². The van der Waals surface area contributed by atoms with Crippen molar-refractivity contribution < 1.29 is 19.1 Å². The smallest absolute Gasteiger partial charge is 0.410 e. The molecule has 39 heavy (non-hydrogen) atoms. The predicted molar refractivity (Wildman–Crippen MR) is 148 cm³/mol. The third kappa shape index (κ3) is 6.51. The summed E-state index contributed by atoms with van der Waals surface area (Å²) in [5.74, 6) is 0.261. The number of amides is 4. The maximum absolute atomic E-state index is 13.5. The zero-order valence-corrected chi connectivity index (χ0v) is 23.1. The van der Waals surface area contributed by atoms with Gasteiger partial charge in [0.15, 0.2) is 0 Å². The van der Waals surface area contributed by atoms with Crippen molar-refractivity contribution in [1.82, 2.24) is 9.80 Å². The van der Waals surface area contributed by atoms with Gasteiger partial charge in [0, 0.05) is 37.4 Å². The van der Waals surface area contributed by atoms with E-state index >= 15 is 0 Å². The molecule has 2 aliphatic rings. The maximum Gasteiger partial charge on any atom is 0.410 e. The molecule has 2 saturated heterocycles. The van der Waals surface area contributed by atoms with Crippen LogP contribution in [0, 0.1) is 18.3 Å². The Labute approximate surface area is 230 Å². The van der Waals surface area contributed by atoms with Gasteiger partial charge in [-0.05, 0) is 88.3 Å². The zero-order valence-electron chi connectivity index (χ0n) is 23.1. The number of nitriles is 1. The number of hydrogen-bond acceptors (Lipinski definition) is 5. The van der Waals surface area contributed by atoms with Crippen LogP contribution in [0.2, 0.25) is 0 Å². The van der Waals surface area contributed by atoms with Gasteiger partial charge in [-0.1, -0.05) is 18.2 Å². The van der Waals surface area contributed by atoms with Crippen molar-refractivity contribution in [1.29, 1.82) is 5.26 Å². The Morgan fingerprint density at radius 1 is 1.00 bits per heavy atom. The summed E-state index contributed by atoms with van der Waals surface area (Å²) in [4.78, 5) is 43.6. The summed E-state index contributed by atoms with van der Waals surface area (Å²) in [6.45, 7) is 9.33. The lowest BCUT2D eigenvalue weighted by atomic mass is 9.89. The molecular weight excluding hydrogens is 494 g/mol. The van der Waals surface area contributed by atoms with Gasteiger partial charge >= 0.3 is 12.1 Å². The molecule has 2 heterocycles. The molecule has 4 rings (SSSR count). The van der Waals surface area contributed by atoms with E-state index in [1.54, 1.807) is 17.0 Å². The van der Waals surface area contributed by atoms with Crippen LogP contribution in [0.1, 0.15) is 73.0 Å². The van der Waals surface area contributed by atoms with Gasteiger partial charge in [0.25, 0.3) is 5.91 Å². The van der Waals surface area contributed by atoms with E-state index in [-0.39, 0.29) is 11.9 Å². The highest BCUT2D eigenvalue weighted by atomic mass is 16.6. The van der Waals surface area contributed by atoms with Gasteiger partial charge in [0.05, 0.1) is 17.7 Å². The molecule has 9 nitrogen and oxygen atoms in total. The molecule has 0 aliphatic carbocycles. The third-order valence-electron chi connectivity index (χ3n) is 7.43. The molecule has 0 radical (unpaired) electrons. The van der Waals surface area contributed by atoms with Crippen molar-refractivity contribution in [2.75, 3.05) is 31.1 Å². The third-order valence-corrected chi connectivity index (χ3v) is 7.43. The Balaban J connectivity index is 1.45. The zero-order chi connectivity index (χ0) is 28.3. The molecule has 4 amide bonds. The molecule has 0 unspecified atom stereocenters. The topological polar surface area (TPSA) is 120 Å². The van der Waals surface area contributed by atoms with Crippen LogP contribution >= 0.6 is 0 Å². The second-order valence-corrected chi connectivity index (χ2v) is 11.4. The Kier molecular flexibility index (Phi) is 8.14. The first-order valence-corrected chi connectivity index (χ1v) is 13.4. The number of nitrogens with two attached hydrogens (primary N) is 1. The Morgan fingerprint density at radius 2 is 1.64 bits per heavy atom. The molecule has 2 aliphatic heterocycles. The summed E-state index contributed by atoms with van der Waals surface area (Å²) < 4.78 is 5.49. The van der Waals surface area contributed by atoms with Crippen molar-refractivity contribution in [3.63, 3.8) is 0 Å². The van der Waals surface area contributed by atoms with Crippen LogP contribution in [-0.4, -0.2) is 65.7 Å². The Hall–Kier alpha value is -4.06. The minimum absolute atomic E-state index is 0.0826. The van der Waals surface area contributed by atoms with E-state index in [4.69, 9.17) is 15.7 Å². The molecule has 0 bridgehead atoms. The normalized spacial score (nSPS) is 18.0. The Bertz CT molecular complexity index is 1270. The summed E-state index contributed by atoms with van der Waals surface area (Å²) in [5, 5.41) is 9.03. The predicted octanol–water partition coefficient (Wildman–Crippen LogP) is 4.78. The second kappa shape index (κ2) is 11.4. The minimum Gasteiger partial charge on any atom is -0.444 e. The van der Waals surface area contributed by atoms with Gasteiger partial charge in [-0.15, -0.1) is 0 Å². The Morgan fingerprint density at radius 3 is 2.23 bits per heavy atom. The molecule has 2 fully saturated rings. The summed E-state index contributed by atoms with van der Waals surface area (Å²) in [5.41, 5.74) is 8.96. The molecule has 206 valence electrons. The number of carbonyl (C=O) groups excluding carboxylic acids is 3. The standard InChI is InChI=1S/C30H37N5O4/c1-20-5-8-24(27(36)33-14-11-23(12-15-33)22-9-6-21(18-31)7-10-22)17-26(20)35(28(32)37)25-13-16-34(19-25)29(38)39-30(2,3)4/h5-10,17,23,25H,11-16,19H2,1-4H3,(H2,32,37)/t25-/m1/s1. The quantitative estimate of drug-likeness (QED) is 0.609. The highest BCUT2D eigenvalue weighted by Crippen LogP contribution is 2.31. The molecule has 0 spiro atoms. The fourth-order valence-corrected chi connectivity index (χ4v) is 5.37. The highest BCUT2D eigenvalue weighted by molar-refractivity contribution is 5.98. The summed E-state index contributed by atoms with van der Waals surface area (Å²) in [6.07, 6.45) is 1.82. The summed E-state index contributed by atoms with van der Waals surface area (Å²) in [7, 11) is 0. The maximum atomic E-state index is 13.5. The van der Waals surface area contributed by atoms with E-state index < -0.39 is 17.7 Å². The number of likely N-dealkylation sites (tertiary alicyclic amines) is 2. The number of rotatable bonds is 4. The largest absolute Gasteiger partial charge is 0.444 e. The lowest BCUT2D eigenvalue weighted by Gasteiger charge is -2.33. The van der Waals surface area contributed by atoms with Crippen molar-refractivity contribution in [2.24, 2.45) is 5.73 Å². The first-order valence-electron chi connectivity index (χ1n) is 13.4. The first-order chi connectivity index (χ1) is 18.5. The molecule has 1 atom stereocenters. The number of anilines is 1. The van der Waals surface area contributed by atoms with Gasteiger partial charge < -0.3 is 20.3 Å². The number of nitrogens with zero attached hydrogens (tertiary/aromatic N) is 4. The number of primary amides is 1. The number of ether oxygens (including phenoxy) is 1. The van der Waals surface area contributed by atoms with Crippen molar-refractivity contribution >= 4 is 23.7 Å². The molecule has 0 aromatic heterocycles. The lowest BCUT2D eigenvalue weighted by Crippen LogP contribution is -2.46. The van der Waals surface area contributed by atoms with E-state index in [1.807, 2.05) is 62.9 Å². The van der Waals surface area contributed by atoms with Gasteiger partial charge in [-0.2, -0.15) is 5.26 Å². The van der Waals surface area contributed by atoms with Crippen LogP contribution in [0.5, 0.6) is 0 Å². The van der Waals surface area contributed by atoms with E-state index in [0.29, 0.717) is 55.3 Å². The van der Waals surface area contributed by atoms with Gasteiger partial charge in [-0.3, -0.25) is 9.69 Å². The van der Waals surface area contributed by atoms with E-state index in [2.05, 4.69) is 6.07 Å². The number of benzene rings is 2. The van der Waals surface area contributed by atoms with Gasteiger partial charge in [-0.25, -0.2) is 9.59 Å². The number of urea groups is 1. The number of piperidine rings is 1. The van der Waals surface area contributed by atoms with Crippen LogP contribution in [0.15, 0.2) is 42.5 Å². The lowest BCUT2D eigenvalue weighted by molar-refractivity contribution is 0.0292. The SMILES string of the molecule is Cc1ccc(C(=O)N2CCC(c3ccc(C#N)cc3)CC2)cc1N(C(N)=O)[C@@H]1CCN(C(=O)OC(C)(C)C)C1. The molecule has 0 saturated carbocycles. The number of hydrogen-bond donors (Lipinski definition) is 1. The number of carbonyl (C=O) groups is 3. The molecule has 2 N–H and O–H groups in total. The van der Waals surface area contributed by atoms with E-state index in [9.17, 15) is 14.4 Å². The molecule has 9 heteroatoms. The summed E-state index contributed by atoms with van der Waals surface area (Å²) in [6, 6.07) is 14.2. The van der Waals surface area contributed by atoms with Crippen LogP contribution in [-0.2, 0) is 4.74 Å². The van der Waals surface area contributed by atoms with Crippen LogP contribution in [0.25, 0.3) is 0 Å². The fourth-order valence-electron chi connectivity index (χ4n) is 5.37. The second-order valence-electron chi connectivity index (χ2n) is 11.4. The van der Waals surface area contributed by atoms with Crippen molar-refractivity contribution in [3.05, 3.63) is 64.7 Å². The number of aryl methyl sites for hydroxylation is 1. The van der Waals surface area contributed by atoms with E-state index in [1.165, 1.54) is 10.5 Å². The first kappa shape index (κ1) is 28.0. The van der Waals surface area contributed by atoms with Crippen LogP contribution in [0.3, 0.4) is 0 Å². The van der Waals surface area contributed by atoms with Crippen LogP contribution in [0.4, 0.5) is 15.3 Å². The molecule has 2 aromatic carbocycles. The van der Waals surface area contributed by atoms with E-state index in [0.717, 1.165) is 18.4 Å². The average Bonchev–Trinajstić information content (AvgIpc) is 3.38. The molecular formula is C30H37N5O4. The molecule has 2 aromatic rings. The van der Waals surface area contributed by atoms with Gasteiger partial charge in [0.1, 0.15) is 5.60 Å². The van der Waals surface area contributed by atoms with Crippen molar-refractivity contribution in [2.45, 2.75) is 64.5 Å². The summed E-state index contributed by atoms with van der Waals surface area (Å²) >= 11 is 0. The van der Waals surface area contributed by atoms with Crippen molar-refractivity contribution in [3.8, 4) is 6.07 Å². The highest BCUT2D eigenvalue weighted by Gasteiger charge is 2.36. The fraction of sp³-hybridized carbons (Fsp3) is 0.467. The monoisotopic (exact) mass is 531 g/mol. The minimum atomic E-state index is -0.623. The average molecular weight is 532 g/mol. The van der Waals surface area contributed by atoms with Gasteiger partial charge in [0.2, 0.25) is 0 Å².